The Bertz CT molecular complexity index is 595. The molecule has 100 valence electrons. The van der Waals surface area contributed by atoms with Gasteiger partial charge in [0.15, 0.2) is 0 Å². The lowest BCUT2D eigenvalue weighted by molar-refractivity contribution is 0.0697. The number of carboxylic acid groups (broad SMARTS) is 1. The highest BCUT2D eigenvalue weighted by Crippen LogP contribution is 2.22. The maximum Gasteiger partial charge on any atom is 0.337 e. The second-order valence-electron chi connectivity index (χ2n) is 4.07. The summed E-state index contributed by atoms with van der Waals surface area (Å²) in [6.07, 6.45) is 0.940. The summed E-state index contributed by atoms with van der Waals surface area (Å²) in [4.78, 5) is 12.2. The number of hydrogen-bond donors (Lipinski definition) is 2. The first-order chi connectivity index (χ1) is 9.11. The summed E-state index contributed by atoms with van der Waals surface area (Å²) >= 11 is 1.63. The Kier molecular flexibility index (Phi) is 4.16. The number of nitrogens with one attached hydrogen (secondary N) is 1. The number of aromatic carboxylic acids is 1. The molecule has 0 amide bonds. The molecule has 19 heavy (non-hydrogen) atoms. The normalized spacial score (nSPS) is 10.4. The van der Waals surface area contributed by atoms with Crippen LogP contribution >= 0.6 is 11.3 Å². The first-order valence-corrected chi connectivity index (χ1v) is 6.81. The zero-order valence-corrected chi connectivity index (χ0v) is 11.3. The van der Waals surface area contributed by atoms with Crippen molar-refractivity contribution in [2.45, 2.75) is 19.9 Å². The molecule has 0 radical (unpaired) electrons. The van der Waals surface area contributed by atoms with Crippen molar-refractivity contribution >= 4 is 23.0 Å². The van der Waals surface area contributed by atoms with Crippen LogP contribution in [0.4, 0.5) is 10.1 Å². The van der Waals surface area contributed by atoms with Crippen LogP contribution in [0.25, 0.3) is 0 Å². The van der Waals surface area contributed by atoms with E-state index in [-0.39, 0.29) is 5.56 Å². The summed E-state index contributed by atoms with van der Waals surface area (Å²) in [5.41, 5.74) is 1.63. The van der Waals surface area contributed by atoms with Crippen LogP contribution in [0.1, 0.15) is 27.7 Å². The molecule has 0 aliphatic heterocycles. The minimum atomic E-state index is -1.14. The third-order valence-corrected chi connectivity index (χ3v) is 3.83. The standard InChI is InChI=1S/C14H14FNO2S/c1-2-9-5-6-19-13(9)8-16-12-4-3-10(15)7-11(12)14(17)18/h3-7,16H,2,8H2,1H3,(H,17,18). The van der Waals surface area contributed by atoms with E-state index in [1.807, 2.05) is 5.38 Å². The second kappa shape index (κ2) is 5.84. The van der Waals surface area contributed by atoms with Crippen molar-refractivity contribution < 1.29 is 14.3 Å². The van der Waals surface area contributed by atoms with Gasteiger partial charge in [0, 0.05) is 17.1 Å². The van der Waals surface area contributed by atoms with Crippen LogP contribution in [0.3, 0.4) is 0 Å². The van der Waals surface area contributed by atoms with E-state index < -0.39 is 11.8 Å². The number of thiophene rings is 1. The first kappa shape index (κ1) is 13.5. The fourth-order valence-corrected chi connectivity index (χ4v) is 2.78. The van der Waals surface area contributed by atoms with E-state index in [0.29, 0.717) is 12.2 Å². The van der Waals surface area contributed by atoms with Crippen molar-refractivity contribution in [2.24, 2.45) is 0 Å². The van der Waals surface area contributed by atoms with Gasteiger partial charge in [0.2, 0.25) is 0 Å². The fraction of sp³-hybridized carbons (Fsp3) is 0.214. The lowest BCUT2D eigenvalue weighted by Crippen LogP contribution is -2.07. The van der Waals surface area contributed by atoms with Crippen molar-refractivity contribution in [3.8, 4) is 0 Å². The number of aryl methyl sites for hydroxylation is 1. The zero-order chi connectivity index (χ0) is 13.8. The molecule has 0 aliphatic carbocycles. The summed E-state index contributed by atoms with van der Waals surface area (Å²) in [5, 5.41) is 14.1. The molecular weight excluding hydrogens is 265 g/mol. The topological polar surface area (TPSA) is 49.3 Å². The van der Waals surface area contributed by atoms with Gasteiger partial charge >= 0.3 is 5.97 Å². The number of halogens is 1. The van der Waals surface area contributed by atoms with Gasteiger partial charge in [0.25, 0.3) is 0 Å². The number of carbonyl (C=O) groups is 1. The van der Waals surface area contributed by atoms with Crippen LogP contribution < -0.4 is 5.32 Å². The van der Waals surface area contributed by atoms with Gasteiger partial charge in [-0.05, 0) is 41.6 Å². The maximum absolute atomic E-state index is 13.1. The molecule has 0 saturated carbocycles. The van der Waals surface area contributed by atoms with Gasteiger partial charge in [0.05, 0.1) is 5.56 Å². The number of rotatable bonds is 5. The average molecular weight is 279 g/mol. The summed E-state index contributed by atoms with van der Waals surface area (Å²) in [6.45, 7) is 2.62. The summed E-state index contributed by atoms with van der Waals surface area (Å²) in [7, 11) is 0. The van der Waals surface area contributed by atoms with E-state index in [1.54, 1.807) is 11.3 Å². The SMILES string of the molecule is CCc1ccsc1CNc1ccc(F)cc1C(=O)O. The van der Waals surface area contributed by atoms with Crippen LogP contribution in [0, 0.1) is 5.82 Å². The average Bonchev–Trinajstić information content (AvgIpc) is 2.84. The number of hydrogen-bond acceptors (Lipinski definition) is 3. The van der Waals surface area contributed by atoms with Crippen molar-refractivity contribution in [2.75, 3.05) is 5.32 Å². The first-order valence-electron chi connectivity index (χ1n) is 5.93. The molecule has 5 heteroatoms. The molecule has 2 aromatic rings. The van der Waals surface area contributed by atoms with E-state index in [1.165, 1.54) is 22.6 Å². The second-order valence-corrected chi connectivity index (χ2v) is 5.07. The predicted molar refractivity (Wildman–Crippen MR) is 74.4 cm³/mol. The Morgan fingerprint density at radius 2 is 2.21 bits per heavy atom. The van der Waals surface area contributed by atoms with Crippen LogP contribution in [0.15, 0.2) is 29.6 Å². The predicted octanol–water partition coefficient (Wildman–Crippen LogP) is 3.76. The Morgan fingerprint density at radius 3 is 2.89 bits per heavy atom. The Morgan fingerprint density at radius 1 is 1.42 bits per heavy atom. The van der Waals surface area contributed by atoms with Gasteiger partial charge < -0.3 is 10.4 Å². The van der Waals surface area contributed by atoms with Gasteiger partial charge in [-0.15, -0.1) is 11.3 Å². The third-order valence-electron chi connectivity index (χ3n) is 2.87. The van der Waals surface area contributed by atoms with Crippen LogP contribution in [-0.2, 0) is 13.0 Å². The summed E-state index contributed by atoms with van der Waals surface area (Å²) in [6, 6.07) is 5.80. The van der Waals surface area contributed by atoms with Crippen LogP contribution in [0.2, 0.25) is 0 Å². The molecule has 2 N–H and O–H groups in total. The van der Waals surface area contributed by atoms with Gasteiger partial charge in [-0.1, -0.05) is 6.92 Å². The molecule has 0 aliphatic rings. The highest BCUT2D eigenvalue weighted by atomic mass is 32.1. The lowest BCUT2D eigenvalue weighted by atomic mass is 10.1. The van der Waals surface area contributed by atoms with Crippen LogP contribution in [0.5, 0.6) is 0 Å². The van der Waals surface area contributed by atoms with Crippen molar-refractivity contribution in [3.05, 3.63) is 51.5 Å². The van der Waals surface area contributed by atoms with E-state index in [0.717, 1.165) is 12.5 Å². The molecule has 0 atom stereocenters. The number of benzene rings is 1. The number of anilines is 1. The van der Waals surface area contributed by atoms with Crippen LogP contribution in [-0.4, -0.2) is 11.1 Å². The van der Waals surface area contributed by atoms with Crippen molar-refractivity contribution in [1.29, 1.82) is 0 Å². The minimum absolute atomic E-state index is 0.0467. The lowest BCUT2D eigenvalue weighted by Gasteiger charge is -2.09. The molecule has 1 aromatic heterocycles. The van der Waals surface area contributed by atoms with Gasteiger partial charge in [-0.3, -0.25) is 0 Å². The summed E-state index contributed by atoms with van der Waals surface area (Å²) < 4.78 is 13.1. The van der Waals surface area contributed by atoms with E-state index in [4.69, 9.17) is 5.11 Å². The Balaban J connectivity index is 2.18. The molecular formula is C14H14FNO2S. The summed E-state index contributed by atoms with van der Waals surface area (Å²) in [5.74, 6) is -1.68. The molecule has 0 bridgehead atoms. The van der Waals surface area contributed by atoms with E-state index in [2.05, 4.69) is 18.3 Å². The van der Waals surface area contributed by atoms with E-state index >= 15 is 0 Å². The van der Waals surface area contributed by atoms with E-state index in [9.17, 15) is 9.18 Å². The molecule has 0 fully saturated rings. The molecule has 1 heterocycles. The van der Waals surface area contributed by atoms with Crippen molar-refractivity contribution in [1.82, 2.24) is 0 Å². The molecule has 0 spiro atoms. The zero-order valence-electron chi connectivity index (χ0n) is 10.4. The molecule has 3 nitrogen and oxygen atoms in total. The Labute approximate surface area is 114 Å². The number of carboxylic acids is 1. The van der Waals surface area contributed by atoms with Gasteiger partial charge in [-0.25, -0.2) is 9.18 Å². The highest BCUT2D eigenvalue weighted by Gasteiger charge is 2.11. The fourth-order valence-electron chi connectivity index (χ4n) is 1.86. The van der Waals surface area contributed by atoms with Crippen molar-refractivity contribution in [3.63, 3.8) is 0 Å². The van der Waals surface area contributed by atoms with Gasteiger partial charge in [0.1, 0.15) is 5.82 Å². The monoisotopic (exact) mass is 279 g/mol. The minimum Gasteiger partial charge on any atom is -0.478 e. The molecule has 0 unspecified atom stereocenters. The van der Waals surface area contributed by atoms with Gasteiger partial charge in [-0.2, -0.15) is 0 Å². The third kappa shape index (κ3) is 3.12. The largest absolute Gasteiger partial charge is 0.478 e. The quantitative estimate of drug-likeness (QED) is 0.876. The molecule has 1 aromatic carbocycles. The smallest absolute Gasteiger partial charge is 0.337 e. The molecule has 0 saturated heterocycles. The highest BCUT2D eigenvalue weighted by molar-refractivity contribution is 7.10. The maximum atomic E-state index is 13.1. The Hall–Kier alpha value is -1.88. The molecule has 2 rings (SSSR count).